The smallest absolute Gasteiger partial charge is 0.262 e. The van der Waals surface area contributed by atoms with E-state index in [0.29, 0.717) is 4.47 Å². The Labute approximate surface area is 129 Å². The maximum absolute atomic E-state index is 13.3. The first-order chi connectivity index (χ1) is 9.81. The molecule has 0 spiro atoms. The molecule has 0 saturated carbocycles. The second kappa shape index (κ2) is 5.71. The van der Waals surface area contributed by atoms with Crippen LogP contribution in [0.15, 0.2) is 45.8 Å². The van der Waals surface area contributed by atoms with Gasteiger partial charge in [-0.05, 0) is 36.4 Å². The Bertz CT molecular complexity index is 827. The Balaban J connectivity index is 2.45. The van der Waals surface area contributed by atoms with Crippen LogP contribution in [-0.4, -0.2) is 8.42 Å². The lowest BCUT2D eigenvalue weighted by molar-refractivity contribution is 0.595. The van der Waals surface area contributed by atoms with Crippen LogP contribution in [0.5, 0.6) is 0 Å². The van der Waals surface area contributed by atoms with E-state index in [2.05, 4.69) is 20.7 Å². The van der Waals surface area contributed by atoms with Gasteiger partial charge in [0.1, 0.15) is 11.9 Å². The second-order valence-electron chi connectivity index (χ2n) is 4.13. The maximum atomic E-state index is 13.3. The number of rotatable bonds is 3. The molecule has 5 nitrogen and oxygen atoms in total. The molecule has 0 amide bonds. The van der Waals surface area contributed by atoms with Crippen LogP contribution in [0.25, 0.3) is 0 Å². The lowest BCUT2D eigenvalue weighted by Gasteiger charge is -2.10. The molecule has 0 aromatic heterocycles. The van der Waals surface area contributed by atoms with Crippen LogP contribution < -0.4 is 10.5 Å². The van der Waals surface area contributed by atoms with Crippen molar-refractivity contribution in [2.75, 3.05) is 10.5 Å². The Hall–Kier alpha value is -2.11. The zero-order chi connectivity index (χ0) is 15.6. The number of nitrogen functional groups attached to an aromatic ring is 1. The maximum Gasteiger partial charge on any atom is 0.262 e. The summed E-state index contributed by atoms with van der Waals surface area (Å²) in [5.41, 5.74) is 5.66. The van der Waals surface area contributed by atoms with E-state index in [4.69, 9.17) is 11.0 Å². The lowest BCUT2D eigenvalue weighted by Crippen LogP contribution is -2.14. The molecule has 0 aliphatic rings. The molecule has 2 aromatic carbocycles. The highest BCUT2D eigenvalue weighted by Gasteiger charge is 2.17. The zero-order valence-electron chi connectivity index (χ0n) is 10.5. The summed E-state index contributed by atoms with van der Waals surface area (Å²) in [5, 5.41) is 9.01. The summed E-state index contributed by atoms with van der Waals surface area (Å²) >= 11 is 3.19. The number of benzene rings is 2. The van der Waals surface area contributed by atoms with Crippen molar-refractivity contribution >= 4 is 37.3 Å². The van der Waals surface area contributed by atoms with E-state index in [-0.39, 0.29) is 21.8 Å². The molecule has 0 aliphatic heterocycles. The van der Waals surface area contributed by atoms with Crippen molar-refractivity contribution < 1.29 is 12.8 Å². The van der Waals surface area contributed by atoms with E-state index < -0.39 is 15.8 Å². The molecule has 3 N–H and O–H groups in total. The zero-order valence-corrected chi connectivity index (χ0v) is 12.9. The van der Waals surface area contributed by atoms with Crippen LogP contribution in [0.3, 0.4) is 0 Å². The van der Waals surface area contributed by atoms with Gasteiger partial charge in [0.05, 0.1) is 16.1 Å². The molecule has 2 rings (SSSR count). The number of nitriles is 1. The van der Waals surface area contributed by atoms with E-state index in [9.17, 15) is 12.8 Å². The van der Waals surface area contributed by atoms with E-state index in [0.717, 1.165) is 18.2 Å². The summed E-state index contributed by atoms with van der Waals surface area (Å²) < 4.78 is 40.6. The van der Waals surface area contributed by atoms with Crippen LogP contribution in [0, 0.1) is 17.1 Å². The van der Waals surface area contributed by atoms with Gasteiger partial charge in [-0.3, -0.25) is 4.72 Å². The fourth-order valence-corrected chi connectivity index (χ4v) is 3.15. The van der Waals surface area contributed by atoms with Crippen molar-refractivity contribution in [2.24, 2.45) is 0 Å². The fraction of sp³-hybridized carbons (Fsp3) is 0. The Morgan fingerprint density at radius 3 is 2.57 bits per heavy atom. The molecule has 0 atom stereocenters. The summed E-state index contributed by atoms with van der Waals surface area (Å²) in [6.45, 7) is 0. The molecule has 0 saturated heterocycles. The summed E-state index contributed by atoms with van der Waals surface area (Å²) in [5.74, 6) is -0.758. The molecule has 0 unspecified atom stereocenters. The van der Waals surface area contributed by atoms with Crippen LogP contribution in [0.1, 0.15) is 5.56 Å². The Kier molecular flexibility index (Phi) is 4.16. The summed E-state index contributed by atoms with van der Waals surface area (Å²) in [6, 6.07) is 9.36. The minimum absolute atomic E-state index is 0.00770. The molecule has 0 fully saturated rings. The van der Waals surface area contributed by atoms with Gasteiger partial charge in [0, 0.05) is 10.2 Å². The van der Waals surface area contributed by atoms with Crippen LogP contribution in [0.2, 0.25) is 0 Å². The third-order valence-electron chi connectivity index (χ3n) is 2.55. The van der Waals surface area contributed by atoms with Crippen molar-refractivity contribution in [1.29, 1.82) is 5.26 Å². The van der Waals surface area contributed by atoms with Crippen molar-refractivity contribution in [3.05, 3.63) is 52.3 Å². The first-order valence-electron chi connectivity index (χ1n) is 5.60. The van der Waals surface area contributed by atoms with Gasteiger partial charge in [-0.25, -0.2) is 12.8 Å². The van der Waals surface area contributed by atoms with E-state index in [1.807, 2.05) is 6.07 Å². The van der Waals surface area contributed by atoms with Crippen LogP contribution in [0.4, 0.5) is 15.8 Å². The molecular weight excluding hydrogens is 361 g/mol. The van der Waals surface area contributed by atoms with Gasteiger partial charge < -0.3 is 5.73 Å². The number of nitrogens with two attached hydrogens (primary N) is 1. The van der Waals surface area contributed by atoms with Gasteiger partial charge in [0.15, 0.2) is 0 Å². The number of hydrogen-bond acceptors (Lipinski definition) is 4. The first-order valence-corrected chi connectivity index (χ1v) is 7.88. The summed E-state index contributed by atoms with van der Waals surface area (Å²) in [4.78, 5) is -0.313. The average Bonchev–Trinajstić information content (AvgIpc) is 2.39. The van der Waals surface area contributed by atoms with Gasteiger partial charge in [-0.1, -0.05) is 15.9 Å². The quantitative estimate of drug-likeness (QED) is 0.812. The molecule has 21 heavy (non-hydrogen) atoms. The van der Waals surface area contributed by atoms with Gasteiger partial charge in [-0.2, -0.15) is 5.26 Å². The molecule has 108 valence electrons. The van der Waals surface area contributed by atoms with Crippen molar-refractivity contribution in [3.63, 3.8) is 0 Å². The molecule has 8 heteroatoms. The van der Waals surface area contributed by atoms with Gasteiger partial charge in [0.2, 0.25) is 0 Å². The Morgan fingerprint density at radius 2 is 1.95 bits per heavy atom. The van der Waals surface area contributed by atoms with Crippen LogP contribution in [-0.2, 0) is 10.0 Å². The minimum atomic E-state index is -4.04. The SMILES string of the molecule is N#Cc1cc(Br)ccc1NS(=O)(=O)c1cc(N)cc(F)c1. The average molecular weight is 370 g/mol. The third-order valence-corrected chi connectivity index (χ3v) is 4.39. The van der Waals surface area contributed by atoms with Crippen LogP contribution >= 0.6 is 15.9 Å². The van der Waals surface area contributed by atoms with E-state index in [1.165, 1.54) is 12.1 Å². The monoisotopic (exact) mass is 369 g/mol. The van der Waals surface area contributed by atoms with Crippen molar-refractivity contribution in [1.82, 2.24) is 0 Å². The lowest BCUT2D eigenvalue weighted by atomic mass is 10.2. The number of nitrogens with one attached hydrogen (secondary N) is 1. The Morgan fingerprint density at radius 1 is 1.24 bits per heavy atom. The van der Waals surface area contributed by atoms with E-state index in [1.54, 1.807) is 6.07 Å². The molecular formula is C13H9BrFN3O2S. The number of anilines is 2. The molecule has 0 bridgehead atoms. The van der Waals surface area contributed by atoms with Gasteiger partial charge in [0.25, 0.3) is 10.0 Å². The first kappa shape index (κ1) is 15.3. The predicted molar refractivity (Wildman–Crippen MR) is 80.5 cm³/mol. The predicted octanol–water partition coefficient (Wildman–Crippen LogP) is 2.84. The number of sulfonamides is 1. The van der Waals surface area contributed by atoms with Gasteiger partial charge >= 0.3 is 0 Å². The minimum Gasteiger partial charge on any atom is -0.399 e. The fourth-order valence-electron chi connectivity index (χ4n) is 1.64. The van der Waals surface area contributed by atoms with Gasteiger partial charge in [-0.15, -0.1) is 0 Å². The van der Waals surface area contributed by atoms with Crippen molar-refractivity contribution in [3.8, 4) is 6.07 Å². The molecule has 0 aliphatic carbocycles. The summed E-state index contributed by atoms with van der Waals surface area (Å²) in [6.07, 6.45) is 0. The highest BCUT2D eigenvalue weighted by molar-refractivity contribution is 9.10. The highest BCUT2D eigenvalue weighted by atomic mass is 79.9. The van der Waals surface area contributed by atoms with E-state index >= 15 is 0 Å². The molecule has 2 aromatic rings. The summed E-state index contributed by atoms with van der Waals surface area (Å²) in [7, 11) is -4.04. The number of halogens is 2. The largest absolute Gasteiger partial charge is 0.399 e. The number of hydrogen-bond donors (Lipinski definition) is 2. The standard InChI is InChI=1S/C13H9BrFN3O2S/c14-9-1-2-13(8(3-9)7-16)18-21(19,20)12-5-10(15)4-11(17)6-12/h1-6,18H,17H2. The van der Waals surface area contributed by atoms with Crippen molar-refractivity contribution in [2.45, 2.75) is 4.90 Å². The normalized spacial score (nSPS) is 10.9. The second-order valence-corrected chi connectivity index (χ2v) is 6.73. The topological polar surface area (TPSA) is 96.0 Å². The third kappa shape index (κ3) is 3.51. The molecule has 0 heterocycles. The highest BCUT2D eigenvalue weighted by Crippen LogP contribution is 2.24. The molecule has 0 radical (unpaired) electrons. The number of nitrogens with zero attached hydrogens (tertiary/aromatic N) is 1.